The van der Waals surface area contributed by atoms with Gasteiger partial charge in [-0.05, 0) is 24.3 Å². The van der Waals surface area contributed by atoms with E-state index in [0.717, 1.165) is 49.0 Å². The van der Waals surface area contributed by atoms with Gasteiger partial charge in [-0.1, -0.05) is 53.3 Å². The molecule has 1 fully saturated rings. The highest BCUT2D eigenvalue weighted by Crippen LogP contribution is 2.32. The quantitative estimate of drug-likeness (QED) is 0.604. The number of hydrogen-bond acceptors (Lipinski definition) is 5. The lowest BCUT2D eigenvalue weighted by molar-refractivity contribution is 0.0347. The van der Waals surface area contributed by atoms with Crippen molar-refractivity contribution in [1.82, 2.24) is 9.88 Å². The third-order valence-corrected chi connectivity index (χ3v) is 5.75. The minimum atomic E-state index is -0.335. The molecular weight excluding hydrogens is 408 g/mol. The topological polar surface area (TPSA) is 66.5 Å². The largest absolute Gasteiger partial charge is 0.379 e. The number of amides is 2. The minimum Gasteiger partial charge on any atom is -0.379 e. The van der Waals surface area contributed by atoms with Crippen LogP contribution in [0.2, 0.25) is 5.02 Å². The van der Waals surface area contributed by atoms with Gasteiger partial charge in [-0.15, -0.1) is 0 Å². The van der Waals surface area contributed by atoms with Crippen LogP contribution in [0, 0.1) is 0 Å². The first-order valence-corrected chi connectivity index (χ1v) is 10.6. The molecule has 0 radical (unpaired) electrons. The summed E-state index contributed by atoms with van der Waals surface area (Å²) in [7, 11) is 0. The number of nitrogens with one attached hydrogen (secondary N) is 2. The molecule has 2 heterocycles. The molecule has 0 atom stereocenters. The molecule has 3 aromatic rings. The number of aromatic nitrogens is 1. The molecule has 2 N–H and O–H groups in total. The van der Waals surface area contributed by atoms with E-state index in [0.29, 0.717) is 15.8 Å². The van der Waals surface area contributed by atoms with Gasteiger partial charge in [0.2, 0.25) is 0 Å². The Morgan fingerprint density at radius 3 is 2.52 bits per heavy atom. The second-order valence-electron chi connectivity index (χ2n) is 6.63. The summed E-state index contributed by atoms with van der Waals surface area (Å²) in [6.07, 6.45) is 0. The van der Waals surface area contributed by atoms with Gasteiger partial charge in [0.15, 0.2) is 5.13 Å². The first-order chi connectivity index (χ1) is 14.2. The zero-order valence-electron chi connectivity index (χ0n) is 15.7. The molecule has 2 aromatic carbocycles. The monoisotopic (exact) mass is 428 g/mol. The summed E-state index contributed by atoms with van der Waals surface area (Å²) < 4.78 is 5.45. The Labute approximate surface area is 178 Å². The Balaban J connectivity index is 1.52. The van der Waals surface area contributed by atoms with Gasteiger partial charge < -0.3 is 10.1 Å². The minimum absolute atomic E-state index is 0.335. The van der Waals surface area contributed by atoms with Crippen molar-refractivity contribution in [1.29, 1.82) is 0 Å². The second kappa shape index (κ2) is 9.37. The van der Waals surface area contributed by atoms with Gasteiger partial charge in [0, 0.05) is 40.8 Å². The number of anilines is 2. The lowest BCUT2D eigenvalue weighted by atomic mass is 10.1. The normalized spacial score (nSPS) is 14.5. The first kappa shape index (κ1) is 19.8. The fraction of sp³-hybridized carbons (Fsp3) is 0.238. The van der Waals surface area contributed by atoms with Gasteiger partial charge in [-0.3, -0.25) is 10.2 Å². The zero-order valence-corrected chi connectivity index (χ0v) is 17.3. The molecule has 4 rings (SSSR count). The number of nitrogens with zero attached hydrogens (tertiary/aromatic N) is 2. The molecule has 1 aliphatic rings. The zero-order chi connectivity index (χ0) is 20.1. The van der Waals surface area contributed by atoms with Crippen molar-refractivity contribution in [2.24, 2.45) is 0 Å². The number of ether oxygens (including phenoxy) is 1. The van der Waals surface area contributed by atoms with E-state index >= 15 is 0 Å². The predicted molar refractivity (Wildman–Crippen MR) is 118 cm³/mol. The predicted octanol–water partition coefficient (Wildman–Crippen LogP) is 4.94. The van der Waals surface area contributed by atoms with Crippen LogP contribution in [-0.2, 0) is 11.3 Å². The number of benzene rings is 2. The van der Waals surface area contributed by atoms with Gasteiger partial charge in [-0.2, -0.15) is 0 Å². The molecule has 6 nitrogen and oxygen atoms in total. The van der Waals surface area contributed by atoms with Crippen molar-refractivity contribution in [3.8, 4) is 11.3 Å². The van der Waals surface area contributed by atoms with Crippen molar-refractivity contribution in [2.45, 2.75) is 6.54 Å². The van der Waals surface area contributed by atoms with E-state index in [4.69, 9.17) is 21.3 Å². The van der Waals surface area contributed by atoms with E-state index in [1.54, 1.807) is 24.3 Å². The Morgan fingerprint density at radius 1 is 1.07 bits per heavy atom. The summed E-state index contributed by atoms with van der Waals surface area (Å²) in [5.41, 5.74) is 2.61. The number of carbonyl (C=O) groups is 1. The third kappa shape index (κ3) is 5.33. The number of morpholine rings is 1. The molecule has 0 saturated carbocycles. The number of carbonyl (C=O) groups excluding carboxylic acids is 1. The molecule has 1 aliphatic heterocycles. The molecule has 2 amide bonds. The standard InChI is InChI=1S/C21H21ClN4O2S/c22-16-6-8-17(9-7-16)23-20(27)25-21-24-19(15-4-2-1-3-5-15)18(29-21)14-26-10-12-28-13-11-26/h1-9H,10-14H2,(H2,23,24,25,27). The van der Waals surface area contributed by atoms with Crippen LogP contribution in [0.3, 0.4) is 0 Å². The fourth-order valence-electron chi connectivity index (χ4n) is 3.09. The molecular formula is C21H21ClN4O2S. The van der Waals surface area contributed by atoms with E-state index in [2.05, 4.69) is 15.5 Å². The molecule has 1 aromatic heterocycles. The van der Waals surface area contributed by atoms with Crippen molar-refractivity contribution in [2.75, 3.05) is 36.9 Å². The molecule has 0 spiro atoms. The Morgan fingerprint density at radius 2 is 1.79 bits per heavy atom. The van der Waals surface area contributed by atoms with Crippen molar-refractivity contribution in [3.05, 3.63) is 64.5 Å². The van der Waals surface area contributed by atoms with Crippen LogP contribution in [-0.4, -0.2) is 42.2 Å². The number of thiazole rings is 1. The van der Waals surface area contributed by atoms with E-state index < -0.39 is 0 Å². The highest BCUT2D eigenvalue weighted by Gasteiger charge is 2.19. The van der Waals surface area contributed by atoms with Crippen LogP contribution in [0.5, 0.6) is 0 Å². The van der Waals surface area contributed by atoms with Crippen LogP contribution in [0.4, 0.5) is 15.6 Å². The van der Waals surface area contributed by atoms with Crippen molar-refractivity contribution < 1.29 is 9.53 Å². The number of urea groups is 1. The smallest absolute Gasteiger partial charge is 0.325 e. The summed E-state index contributed by atoms with van der Waals surface area (Å²) in [5, 5.41) is 6.84. The van der Waals surface area contributed by atoms with Gasteiger partial charge in [0.05, 0.1) is 18.9 Å². The lowest BCUT2D eigenvalue weighted by Gasteiger charge is -2.26. The van der Waals surface area contributed by atoms with E-state index in [1.165, 1.54) is 11.3 Å². The van der Waals surface area contributed by atoms with Gasteiger partial charge in [0.1, 0.15) is 0 Å². The van der Waals surface area contributed by atoms with Crippen LogP contribution >= 0.6 is 22.9 Å². The Kier molecular flexibility index (Phi) is 6.41. The summed E-state index contributed by atoms with van der Waals surface area (Å²) >= 11 is 7.39. The third-order valence-electron chi connectivity index (χ3n) is 4.54. The molecule has 0 aliphatic carbocycles. The van der Waals surface area contributed by atoms with Gasteiger partial charge in [0.25, 0.3) is 0 Å². The molecule has 0 unspecified atom stereocenters. The van der Waals surface area contributed by atoms with Crippen LogP contribution in [0.1, 0.15) is 4.88 Å². The highest BCUT2D eigenvalue weighted by atomic mass is 35.5. The van der Waals surface area contributed by atoms with E-state index in [9.17, 15) is 4.79 Å². The van der Waals surface area contributed by atoms with Crippen LogP contribution in [0.15, 0.2) is 54.6 Å². The van der Waals surface area contributed by atoms with Gasteiger partial charge >= 0.3 is 6.03 Å². The SMILES string of the molecule is O=C(Nc1ccc(Cl)cc1)Nc1nc(-c2ccccc2)c(CN2CCOCC2)s1. The highest BCUT2D eigenvalue weighted by molar-refractivity contribution is 7.16. The fourth-order valence-corrected chi connectivity index (χ4v) is 4.24. The first-order valence-electron chi connectivity index (χ1n) is 9.36. The molecule has 150 valence electrons. The van der Waals surface area contributed by atoms with Gasteiger partial charge in [-0.25, -0.2) is 9.78 Å². The Bertz CT molecular complexity index is 957. The number of hydrogen-bond donors (Lipinski definition) is 2. The summed E-state index contributed by atoms with van der Waals surface area (Å²) in [6.45, 7) is 4.06. The molecule has 0 bridgehead atoms. The maximum Gasteiger partial charge on any atom is 0.325 e. The average Bonchev–Trinajstić information content (AvgIpc) is 3.13. The number of rotatable bonds is 5. The number of halogens is 1. The summed E-state index contributed by atoms with van der Waals surface area (Å²) in [4.78, 5) is 20.6. The Hall–Kier alpha value is -2.45. The van der Waals surface area contributed by atoms with Crippen molar-refractivity contribution in [3.63, 3.8) is 0 Å². The summed E-state index contributed by atoms with van der Waals surface area (Å²) in [6, 6.07) is 16.7. The second-order valence-corrected chi connectivity index (χ2v) is 8.15. The van der Waals surface area contributed by atoms with Crippen LogP contribution in [0.25, 0.3) is 11.3 Å². The average molecular weight is 429 g/mol. The van der Waals surface area contributed by atoms with E-state index in [1.807, 2.05) is 30.3 Å². The maximum absolute atomic E-state index is 12.4. The van der Waals surface area contributed by atoms with Crippen molar-refractivity contribution >= 4 is 39.8 Å². The molecule has 29 heavy (non-hydrogen) atoms. The molecule has 1 saturated heterocycles. The molecule has 8 heteroatoms. The van der Waals surface area contributed by atoms with E-state index in [-0.39, 0.29) is 6.03 Å². The maximum atomic E-state index is 12.4. The lowest BCUT2D eigenvalue weighted by Crippen LogP contribution is -2.35. The van der Waals surface area contributed by atoms with Crippen LogP contribution < -0.4 is 10.6 Å². The summed E-state index contributed by atoms with van der Waals surface area (Å²) in [5.74, 6) is 0.